The van der Waals surface area contributed by atoms with Crippen LogP contribution < -0.4 is 0 Å². The van der Waals surface area contributed by atoms with Gasteiger partial charge in [0, 0.05) is 19.4 Å². The van der Waals surface area contributed by atoms with Crippen LogP contribution in [-0.2, 0) is 4.74 Å². The second-order valence-electron chi connectivity index (χ2n) is 2.68. The summed E-state index contributed by atoms with van der Waals surface area (Å²) in [6.07, 6.45) is 0.235. The van der Waals surface area contributed by atoms with E-state index in [4.69, 9.17) is 4.74 Å². The Bertz CT molecular complexity index is 114. The van der Waals surface area contributed by atoms with Crippen molar-refractivity contribution in [3.05, 3.63) is 0 Å². The molecule has 0 aromatic heterocycles. The number of hydrogen-bond donors (Lipinski definition) is 0. The summed E-state index contributed by atoms with van der Waals surface area (Å²) in [5.41, 5.74) is 0. The van der Waals surface area contributed by atoms with E-state index in [2.05, 4.69) is 0 Å². The molecule has 0 spiro atoms. The first-order valence-electron chi connectivity index (χ1n) is 3.63. The van der Waals surface area contributed by atoms with Crippen molar-refractivity contribution in [1.29, 1.82) is 0 Å². The molecule has 1 unspecified atom stereocenters. The van der Waals surface area contributed by atoms with E-state index >= 15 is 0 Å². The van der Waals surface area contributed by atoms with Crippen LogP contribution in [0.2, 0.25) is 0 Å². The Labute approximate surface area is 59.4 Å². The summed E-state index contributed by atoms with van der Waals surface area (Å²) in [5.74, 6) is -2.46. The van der Waals surface area contributed by atoms with E-state index in [0.29, 0.717) is 13.0 Å². The first-order valence-corrected chi connectivity index (χ1v) is 3.63. The molecule has 0 radical (unpaired) electrons. The number of rotatable bonds is 2. The highest BCUT2D eigenvalue weighted by atomic mass is 19.3. The third-order valence-corrected chi connectivity index (χ3v) is 1.76. The minimum Gasteiger partial charge on any atom is -0.378 e. The monoisotopic (exact) mass is 150 g/mol. The zero-order valence-corrected chi connectivity index (χ0v) is 6.07. The van der Waals surface area contributed by atoms with E-state index in [9.17, 15) is 8.78 Å². The summed E-state index contributed by atoms with van der Waals surface area (Å²) in [6, 6.07) is 0. The van der Waals surface area contributed by atoms with Crippen LogP contribution in [-0.4, -0.2) is 18.6 Å². The molecule has 0 bridgehead atoms. The molecular formula is C7H12F2O. The Kier molecular flexibility index (Phi) is 2.24. The molecule has 60 valence electrons. The predicted molar refractivity (Wildman–Crippen MR) is 34.2 cm³/mol. The highest BCUT2D eigenvalue weighted by Gasteiger charge is 2.39. The second-order valence-corrected chi connectivity index (χ2v) is 2.68. The lowest BCUT2D eigenvalue weighted by Crippen LogP contribution is -2.14. The van der Waals surface area contributed by atoms with Crippen molar-refractivity contribution >= 4 is 0 Å². The molecule has 1 nitrogen and oxygen atoms in total. The third kappa shape index (κ3) is 1.90. The Morgan fingerprint density at radius 3 is 2.70 bits per heavy atom. The summed E-state index contributed by atoms with van der Waals surface area (Å²) >= 11 is 0. The van der Waals surface area contributed by atoms with Gasteiger partial charge in [-0.1, -0.05) is 0 Å². The standard InChI is InChI=1S/C7H12F2O/c1-2-10-6-3-4-7(8,9)5-6/h6H,2-5H2,1H3. The van der Waals surface area contributed by atoms with Crippen LogP contribution in [0.5, 0.6) is 0 Å². The molecule has 1 aliphatic rings. The van der Waals surface area contributed by atoms with Gasteiger partial charge in [0.05, 0.1) is 6.10 Å². The molecule has 10 heavy (non-hydrogen) atoms. The summed E-state index contributed by atoms with van der Waals surface area (Å²) in [7, 11) is 0. The maximum Gasteiger partial charge on any atom is 0.250 e. The van der Waals surface area contributed by atoms with Crippen LogP contribution in [0.25, 0.3) is 0 Å². The van der Waals surface area contributed by atoms with Crippen LogP contribution in [0.15, 0.2) is 0 Å². The quantitative estimate of drug-likeness (QED) is 0.586. The molecule has 1 saturated carbocycles. The van der Waals surface area contributed by atoms with Gasteiger partial charge in [-0.15, -0.1) is 0 Å². The van der Waals surface area contributed by atoms with Crippen molar-refractivity contribution in [2.75, 3.05) is 6.61 Å². The molecule has 0 aromatic rings. The number of hydrogen-bond acceptors (Lipinski definition) is 1. The van der Waals surface area contributed by atoms with Crippen molar-refractivity contribution in [3.63, 3.8) is 0 Å². The predicted octanol–water partition coefficient (Wildman–Crippen LogP) is 2.21. The third-order valence-electron chi connectivity index (χ3n) is 1.76. The van der Waals surface area contributed by atoms with Crippen LogP contribution >= 0.6 is 0 Å². The van der Waals surface area contributed by atoms with Crippen LogP contribution in [0.4, 0.5) is 8.78 Å². The first-order chi connectivity index (χ1) is 4.64. The molecule has 1 atom stereocenters. The van der Waals surface area contributed by atoms with Gasteiger partial charge in [0.15, 0.2) is 0 Å². The van der Waals surface area contributed by atoms with Crippen molar-refractivity contribution in [1.82, 2.24) is 0 Å². The van der Waals surface area contributed by atoms with Gasteiger partial charge in [-0.05, 0) is 13.3 Å². The molecule has 1 aliphatic carbocycles. The van der Waals surface area contributed by atoms with Crippen molar-refractivity contribution < 1.29 is 13.5 Å². The average Bonchev–Trinajstić information content (AvgIpc) is 2.12. The highest BCUT2D eigenvalue weighted by molar-refractivity contribution is 4.81. The Hall–Kier alpha value is -0.180. The number of alkyl halides is 2. The molecule has 0 saturated heterocycles. The summed E-state index contributed by atoms with van der Waals surface area (Å²) in [5, 5.41) is 0. The summed E-state index contributed by atoms with van der Waals surface area (Å²) in [6.45, 7) is 2.37. The molecule has 0 amide bonds. The number of ether oxygens (including phenoxy) is 1. The van der Waals surface area contributed by atoms with Gasteiger partial charge < -0.3 is 4.74 Å². The largest absolute Gasteiger partial charge is 0.378 e. The van der Waals surface area contributed by atoms with E-state index < -0.39 is 5.92 Å². The lowest BCUT2D eigenvalue weighted by Gasteiger charge is -2.09. The van der Waals surface area contributed by atoms with Gasteiger partial charge >= 0.3 is 0 Å². The van der Waals surface area contributed by atoms with Gasteiger partial charge in [0.1, 0.15) is 0 Å². The van der Waals surface area contributed by atoms with E-state index in [-0.39, 0.29) is 18.9 Å². The zero-order valence-electron chi connectivity index (χ0n) is 6.07. The second kappa shape index (κ2) is 2.82. The van der Waals surface area contributed by atoms with Crippen LogP contribution in [0.1, 0.15) is 26.2 Å². The summed E-state index contributed by atoms with van der Waals surface area (Å²) < 4.78 is 29.9. The topological polar surface area (TPSA) is 9.23 Å². The molecule has 0 heterocycles. The lowest BCUT2D eigenvalue weighted by atomic mass is 10.3. The Morgan fingerprint density at radius 1 is 1.60 bits per heavy atom. The van der Waals surface area contributed by atoms with Crippen LogP contribution in [0, 0.1) is 0 Å². The molecule has 0 aliphatic heterocycles. The fourth-order valence-corrected chi connectivity index (χ4v) is 1.29. The SMILES string of the molecule is CCOC1CCC(F)(F)C1. The van der Waals surface area contributed by atoms with Crippen molar-refractivity contribution in [2.45, 2.75) is 38.2 Å². The van der Waals surface area contributed by atoms with Gasteiger partial charge in [-0.2, -0.15) is 0 Å². The molecule has 1 fully saturated rings. The molecule has 3 heteroatoms. The fraction of sp³-hybridized carbons (Fsp3) is 1.00. The smallest absolute Gasteiger partial charge is 0.250 e. The first kappa shape index (κ1) is 7.92. The van der Waals surface area contributed by atoms with E-state index in [0.717, 1.165) is 0 Å². The van der Waals surface area contributed by atoms with E-state index in [1.54, 1.807) is 0 Å². The maximum absolute atomic E-state index is 12.4. The minimum absolute atomic E-state index is 0.00231. The van der Waals surface area contributed by atoms with Crippen LogP contribution in [0.3, 0.4) is 0 Å². The van der Waals surface area contributed by atoms with Gasteiger partial charge in [0.2, 0.25) is 0 Å². The highest BCUT2D eigenvalue weighted by Crippen LogP contribution is 2.36. The van der Waals surface area contributed by atoms with Crippen molar-refractivity contribution in [3.8, 4) is 0 Å². The van der Waals surface area contributed by atoms with E-state index in [1.165, 1.54) is 0 Å². The van der Waals surface area contributed by atoms with Gasteiger partial charge in [-0.3, -0.25) is 0 Å². The molecule has 0 aromatic carbocycles. The lowest BCUT2D eigenvalue weighted by molar-refractivity contribution is -0.0165. The average molecular weight is 150 g/mol. The zero-order chi connectivity index (χ0) is 7.61. The van der Waals surface area contributed by atoms with Crippen molar-refractivity contribution in [2.24, 2.45) is 0 Å². The fourth-order valence-electron chi connectivity index (χ4n) is 1.29. The minimum atomic E-state index is -2.46. The Balaban J connectivity index is 2.29. The Morgan fingerprint density at radius 2 is 2.30 bits per heavy atom. The molecule has 1 rings (SSSR count). The molecular weight excluding hydrogens is 138 g/mol. The maximum atomic E-state index is 12.4. The van der Waals surface area contributed by atoms with E-state index in [1.807, 2.05) is 6.92 Å². The van der Waals surface area contributed by atoms with Gasteiger partial charge in [-0.25, -0.2) is 8.78 Å². The molecule has 0 N–H and O–H groups in total. The summed E-state index contributed by atoms with van der Waals surface area (Å²) in [4.78, 5) is 0. The van der Waals surface area contributed by atoms with Gasteiger partial charge in [0.25, 0.3) is 5.92 Å². The number of halogens is 2. The normalized spacial score (nSPS) is 30.9.